The minimum Gasteiger partial charge on any atom is -0.378 e. The van der Waals surface area contributed by atoms with Crippen molar-refractivity contribution in [3.05, 3.63) is 142 Å². The molecule has 0 spiro atoms. The molecule has 4 aromatic carbocycles. The largest absolute Gasteiger partial charge is 0.378 e. The lowest BCUT2D eigenvalue weighted by atomic mass is 10.1. The van der Waals surface area contributed by atoms with Crippen LogP contribution >= 0.6 is 0 Å². The summed E-state index contributed by atoms with van der Waals surface area (Å²) in [5.41, 5.74) is 3.86. The topological polar surface area (TPSA) is 143 Å². The molecule has 0 unspecified atom stereocenters. The van der Waals surface area contributed by atoms with E-state index >= 15 is 0 Å². The van der Waals surface area contributed by atoms with Crippen molar-refractivity contribution >= 4 is 35.4 Å². The van der Waals surface area contributed by atoms with Gasteiger partial charge in [0.05, 0.1) is 75.0 Å². The van der Waals surface area contributed by atoms with Crippen LogP contribution in [0.15, 0.2) is 97.1 Å². The molecule has 1 fully saturated rings. The molecule has 3 aliphatic rings. The maximum absolute atomic E-state index is 13.6. The van der Waals surface area contributed by atoms with Gasteiger partial charge in [-0.15, -0.1) is 0 Å². The van der Waals surface area contributed by atoms with Crippen molar-refractivity contribution < 1.29 is 43.0 Å². The Morgan fingerprint density at radius 3 is 1.02 bits per heavy atom. The standard InChI is InChI=1S/C42H40N4O9/c47-37(31-13-9-29(10-14-31)27-45-39(49)33-5-1-2-6-34(33)40(45)50)43-17-21-53-22-18-44(20-24-55-26-25-54-23-19-43)38(48)32-15-11-30(12-16-32)28-46-41(51)35-7-3-4-8-36(35)42(46)52/h1-16H,17-28H2. The van der Waals surface area contributed by atoms with Crippen LogP contribution in [-0.4, -0.2) is 121 Å². The molecule has 3 heterocycles. The number of carbonyl (C=O) groups excluding carboxylic acids is 6. The number of benzene rings is 4. The summed E-state index contributed by atoms with van der Waals surface area (Å²) in [4.78, 5) is 84.1. The first kappa shape index (κ1) is 37.3. The molecule has 13 nitrogen and oxygen atoms in total. The molecular weight excluding hydrogens is 704 g/mol. The average Bonchev–Trinajstić information content (AvgIpc) is 3.59. The Morgan fingerprint density at radius 1 is 0.418 bits per heavy atom. The van der Waals surface area contributed by atoms with E-state index in [-0.39, 0.29) is 74.8 Å². The van der Waals surface area contributed by atoms with E-state index in [1.54, 1.807) is 107 Å². The number of carbonyl (C=O) groups is 6. The van der Waals surface area contributed by atoms with Crippen molar-refractivity contribution in [1.82, 2.24) is 19.6 Å². The van der Waals surface area contributed by atoms with Crippen LogP contribution < -0.4 is 0 Å². The molecular formula is C42H40N4O9. The summed E-state index contributed by atoms with van der Waals surface area (Å²) in [6, 6.07) is 27.2. The van der Waals surface area contributed by atoms with Crippen LogP contribution in [-0.2, 0) is 27.3 Å². The van der Waals surface area contributed by atoms with Crippen LogP contribution in [0, 0.1) is 0 Å². The van der Waals surface area contributed by atoms with Crippen LogP contribution in [0.3, 0.4) is 0 Å². The van der Waals surface area contributed by atoms with Gasteiger partial charge in [0.15, 0.2) is 0 Å². The van der Waals surface area contributed by atoms with E-state index in [9.17, 15) is 28.8 Å². The number of nitrogens with zero attached hydrogens (tertiary/aromatic N) is 4. The van der Waals surface area contributed by atoms with Gasteiger partial charge in [0.1, 0.15) is 0 Å². The van der Waals surface area contributed by atoms with Crippen LogP contribution in [0.25, 0.3) is 0 Å². The Balaban J connectivity index is 0.926. The number of ether oxygens (including phenoxy) is 3. The Labute approximate surface area is 318 Å². The van der Waals surface area contributed by atoms with Crippen molar-refractivity contribution in [3.8, 4) is 0 Å². The van der Waals surface area contributed by atoms with Crippen LogP contribution in [0.2, 0.25) is 0 Å². The lowest BCUT2D eigenvalue weighted by Gasteiger charge is -2.24. The molecule has 6 amide bonds. The second-order valence-corrected chi connectivity index (χ2v) is 13.3. The molecule has 0 atom stereocenters. The highest BCUT2D eigenvalue weighted by Crippen LogP contribution is 2.26. The lowest BCUT2D eigenvalue weighted by molar-refractivity contribution is 0.0298. The Morgan fingerprint density at radius 2 is 0.709 bits per heavy atom. The molecule has 0 aliphatic carbocycles. The van der Waals surface area contributed by atoms with Gasteiger partial charge in [0.2, 0.25) is 0 Å². The van der Waals surface area contributed by atoms with E-state index in [1.807, 2.05) is 0 Å². The normalized spacial score (nSPS) is 17.2. The quantitative estimate of drug-likeness (QED) is 0.269. The fourth-order valence-corrected chi connectivity index (χ4v) is 6.75. The van der Waals surface area contributed by atoms with Crippen molar-refractivity contribution in [2.45, 2.75) is 13.1 Å². The molecule has 3 aliphatic heterocycles. The predicted molar refractivity (Wildman–Crippen MR) is 198 cm³/mol. The minimum absolute atomic E-state index is 0.0951. The van der Waals surface area contributed by atoms with E-state index in [2.05, 4.69) is 0 Å². The zero-order chi connectivity index (χ0) is 38.3. The summed E-state index contributed by atoms with van der Waals surface area (Å²) in [7, 11) is 0. The Hall–Kier alpha value is -6.02. The third-order valence-corrected chi connectivity index (χ3v) is 9.81. The molecule has 4 aromatic rings. The second kappa shape index (κ2) is 17.0. The monoisotopic (exact) mass is 744 g/mol. The third kappa shape index (κ3) is 8.24. The summed E-state index contributed by atoms with van der Waals surface area (Å²) in [5.74, 6) is -1.80. The molecule has 13 heteroatoms. The SMILES string of the molecule is O=C(c1ccc(CN2C(=O)c3ccccc3C2=O)cc1)N1CCOCCOCCN(C(=O)c2ccc(CN3C(=O)c4ccccc4C3=O)cc2)CCOCC1. The van der Waals surface area contributed by atoms with E-state index in [0.717, 1.165) is 0 Å². The van der Waals surface area contributed by atoms with Gasteiger partial charge in [-0.1, -0.05) is 48.5 Å². The summed E-state index contributed by atoms with van der Waals surface area (Å²) in [5, 5.41) is 0. The maximum atomic E-state index is 13.6. The van der Waals surface area contributed by atoms with E-state index in [0.29, 0.717) is 84.0 Å². The van der Waals surface area contributed by atoms with Crippen molar-refractivity contribution in [2.75, 3.05) is 65.8 Å². The first-order chi connectivity index (χ1) is 26.8. The number of hydrogen-bond acceptors (Lipinski definition) is 9. The number of amides is 6. The fraction of sp³-hybridized carbons (Fsp3) is 0.286. The molecule has 282 valence electrons. The summed E-state index contributed by atoms with van der Waals surface area (Å²) in [6.07, 6.45) is 0. The molecule has 7 rings (SSSR count). The highest BCUT2D eigenvalue weighted by molar-refractivity contribution is 6.22. The number of imide groups is 2. The van der Waals surface area contributed by atoms with Gasteiger partial charge < -0.3 is 24.0 Å². The zero-order valence-electron chi connectivity index (χ0n) is 30.2. The molecule has 0 N–H and O–H groups in total. The highest BCUT2D eigenvalue weighted by Gasteiger charge is 2.36. The maximum Gasteiger partial charge on any atom is 0.261 e. The van der Waals surface area contributed by atoms with Crippen LogP contribution in [0.1, 0.15) is 73.3 Å². The van der Waals surface area contributed by atoms with Gasteiger partial charge in [0, 0.05) is 37.3 Å². The molecule has 0 radical (unpaired) electrons. The smallest absolute Gasteiger partial charge is 0.261 e. The predicted octanol–water partition coefficient (Wildman–Crippen LogP) is 3.93. The van der Waals surface area contributed by atoms with Crippen LogP contribution in [0.4, 0.5) is 0 Å². The first-order valence-electron chi connectivity index (χ1n) is 18.2. The van der Waals surface area contributed by atoms with Gasteiger partial charge in [-0.25, -0.2) is 0 Å². The van der Waals surface area contributed by atoms with E-state index in [4.69, 9.17) is 14.2 Å². The van der Waals surface area contributed by atoms with E-state index < -0.39 is 0 Å². The van der Waals surface area contributed by atoms with Gasteiger partial charge in [-0.05, 0) is 59.7 Å². The molecule has 55 heavy (non-hydrogen) atoms. The minimum atomic E-state index is -0.339. The first-order valence-corrected chi connectivity index (χ1v) is 18.2. The summed E-state index contributed by atoms with van der Waals surface area (Å²) in [6.45, 7) is 3.09. The molecule has 1 saturated heterocycles. The summed E-state index contributed by atoms with van der Waals surface area (Å²) < 4.78 is 17.4. The Kier molecular flexibility index (Phi) is 11.5. The second-order valence-electron chi connectivity index (χ2n) is 13.3. The van der Waals surface area contributed by atoms with Crippen molar-refractivity contribution in [2.24, 2.45) is 0 Å². The number of fused-ring (bicyclic) bond motifs is 2. The van der Waals surface area contributed by atoms with Crippen molar-refractivity contribution in [3.63, 3.8) is 0 Å². The van der Waals surface area contributed by atoms with E-state index in [1.165, 1.54) is 9.80 Å². The third-order valence-electron chi connectivity index (χ3n) is 9.81. The molecule has 0 saturated carbocycles. The molecule has 0 bridgehead atoms. The van der Waals surface area contributed by atoms with Gasteiger partial charge in [0.25, 0.3) is 35.4 Å². The Bertz CT molecular complexity index is 1880. The fourth-order valence-electron chi connectivity index (χ4n) is 6.75. The van der Waals surface area contributed by atoms with Gasteiger partial charge in [-0.3, -0.25) is 38.6 Å². The highest BCUT2D eigenvalue weighted by atomic mass is 16.5. The zero-order valence-corrected chi connectivity index (χ0v) is 30.2. The van der Waals surface area contributed by atoms with Gasteiger partial charge >= 0.3 is 0 Å². The molecule has 0 aromatic heterocycles. The lowest BCUT2D eigenvalue weighted by Crippen LogP contribution is -2.38. The summed E-state index contributed by atoms with van der Waals surface area (Å²) >= 11 is 0. The average molecular weight is 745 g/mol. The van der Waals surface area contributed by atoms with Crippen molar-refractivity contribution in [1.29, 1.82) is 0 Å². The number of hydrogen-bond donors (Lipinski definition) is 0. The van der Waals surface area contributed by atoms with Gasteiger partial charge in [-0.2, -0.15) is 0 Å². The van der Waals surface area contributed by atoms with Crippen LogP contribution in [0.5, 0.6) is 0 Å². The number of rotatable bonds is 6.